The normalized spacial score (nSPS) is 12.9. The number of phenols is 1. The van der Waals surface area contributed by atoms with Crippen molar-refractivity contribution in [3.63, 3.8) is 0 Å². The summed E-state index contributed by atoms with van der Waals surface area (Å²) in [5, 5.41) is 22.6. The number of aromatic hydroxyl groups is 1. The number of hydrogen-bond acceptors (Lipinski definition) is 4. The highest BCUT2D eigenvalue weighted by atomic mass is 127. The Kier molecular flexibility index (Phi) is 7.14. The van der Waals surface area contributed by atoms with Crippen LogP contribution in [0.15, 0.2) is 91.0 Å². The summed E-state index contributed by atoms with van der Waals surface area (Å²) in [6.45, 7) is 0.0996. The van der Waals surface area contributed by atoms with E-state index in [1.165, 1.54) is 6.07 Å². The molecule has 4 aromatic carbocycles. The lowest BCUT2D eigenvalue weighted by Crippen LogP contribution is -2.42. The van der Waals surface area contributed by atoms with Crippen molar-refractivity contribution < 1.29 is 24.5 Å². The lowest BCUT2D eigenvalue weighted by molar-refractivity contribution is -0.139. The van der Waals surface area contributed by atoms with Gasteiger partial charge in [-0.2, -0.15) is 0 Å². The molecule has 0 spiro atoms. The van der Waals surface area contributed by atoms with Crippen molar-refractivity contribution in [2.75, 3.05) is 6.61 Å². The van der Waals surface area contributed by atoms with Crippen LogP contribution in [0.4, 0.5) is 4.79 Å². The molecule has 0 fully saturated rings. The highest BCUT2D eigenvalue weighted by Gasteiger charge is 2.30. The SMILES string of the molecule is O=C(N[C@@H](Cc1ccc(O)c(-c2ccc(I)cc2)c1)C(=O)O)OCC1c2ccccc2-c2ccccc21. The molecule has 1 atom stereocenters. The van der Waals surface area contributed by atoms with Gasteiger partial charge >= 0.3 is 12.1 Å². The Labute approximate surface area is 228 Å². The minimum atomic E-state index is -1.19. The van der Waals surface area contributed by atoms with E-state index in [4.69, 9.17) is 4.74 Å². The molecule has 0 saturated heterocycles. The van der Waals surface area contributed by atoms with Crippen molar-refractivity contribution in [2.24, 2.45) is 0 Å². The number of nitrogens with one attached hydrogen (secondary N) is 1. The number of alkyl carbamates (subject to hydrolysis) is 1. The average molecular weight is 605 g/mol. The van der Waals surface area contributed by atoms with Gasteiger partial charge in [0.2, 0.25) is 0 Å². The first-order valence-electron chi connectivity index (χ1n) is 11.8. The van der Waals surface area contributed by atoms with E-state index in [-0.39, 0.29) is 24.7 Å². The van der Waals surface area contributed by atoms with Crippen LogP contribution < -0.4 is 5.32 Å². The van der Waals surface area contributed by atoms with Gasteiger partial charge in [0.1, 0.15) is 18.4 Å². The second kappa shape index (κ2) is 10.6. The molecule has 0 unspecified atom stereocenters. The molecule has 0 aliphatic heterocycles. The molecule has 186 valence electrons. The monoisotopic (exact) mass is 605 g/mol. The van der Waals surface area contributed by atoms with Gasteiger partial charge in [-0.1, -0.05) is 66.7 Å². The number of carbonyl (C=O) groups is 2. The van der Waals surface area contributed by atoms with Gasteiger partial charge in [-0.25, -0.2) is 9.59 Å². The molecule has 5 rings (SSSR count). The van der Waals surface area contributed by atoms with E-state index >= 15 is 0 Å². The largest absolute Gasteiger partial charge is 0.507 e. The molecule has 0 saturated carbocycles. The fourth-order valence-electron chi connectivity index (χ4n) is 4.79. The minimum absolute atomic E-state index is 0.0389. The number of hydrogen-bond donors (Lipinski definition) is 3. The van der Waals surface area contributed by atoms with Gasteiger partial charge in [0.05, 0.1) is 0 Å². The highest BCUT2D eigenvalue weighted by Crippen LogP contribution is 2.44. The topological polar surface area (TPSA) is 95.9 Å². The van der Waals surface area contributed by atoms with E-state index < -0.39 is 18.1 Å². The summed E-state index contributed by atoms with van der Waals surface area (Å²) in [6, 6.07) is 27.4. The molecule has 1 amide bonds. The number of amides is 1. The molecule has 4 aromatic rings. The van der Waals surface area contributed by atoms with Crippen molar-refractivity contribution >= 4 is 34.7 Å². The Morgan fingerprint density at radius 2 is 1.49 bits per heavy atom. The Balaban J connectivity index is 1.27. The number of carboxylic acids is 1. The van der Waals surface area contributed by atoms with Crippen molar-refractivity contribution in [2.45, 2.75) is 18.4 Å². The van der Waals surface area contributed by atoms with Gasteiger partial charge in [0.25, 0.3) is 0 Å². The number of fused-ring (bicyclic) bond motifs is 3. The van der Waals surface area contributed by atoms with Gasteiger partial charge in [0, 0.05) is 21.5 Å². The Bertz CT molecular complexity index is 1420. The third kappa shape index (κ3) is 5.32. The number of carboxylic acid groups (broad SMARTS) is 1. The maximum Gasteiger partial charge on any atom is 0.407 e. The van der Waals surface area contributed by atoms with E-state index in [2.05, 4.69) is 40.0 Å². The molecule has 1 aliphatic rings. The number of halogens is 1. The van der Waals surface area contributed by atoms with Crippen LogP contribution in [0.2, 0.25) is 0 Å². The van der Waals surface area contributed by atoms with Crippen molar-refractivity contribution in [1.29, 1.82) is 0 Å². The molecule has 6 nitrogen and oxygen atoms in total. The Hall–Kier alpha value is -3.85. The lowest BCUT2D eigenvalue weighted by Gasteiger charge is -2.18. The van der Waals surface area contributed by atoms with E-state index in [0.717, 1.165) is 31.4 Å². The standard InChI is InChI=1S/C30H24INO5/c31-20-12-10-19(11-13-20)25-15-18(9-14-28(25)33)16-27(29(34)35)32-30(36)37-17-26-23-7-3-1-5-21(23)22-6-2-4-8-24(22)26/h1-15,26-27,33H,16-17H2,(H,32,36)(H,34,35)/t27-/m0/s1. The molecule has 3 N–H and O–H groups in total. The molecular weight excluding hydrogens is 581 g/mol. The molecule has 0 aromatic heterocycles. The second-order valence-electron chi connectivity index (χ2n) is 8.92. The molecule has 37 heavy (non-hydrogen) atoms. The summed E-state index contributed by atoms with van der Waals surface area (Å²) < 4.78 is 6.59. The van der Waals surface area contributed by atoms with Gasteiger partial charge < -0.3 is 20.3 Å². The van der Waals surface area contributed by atoms with E-state index in [9.17, 15) is 19.8 Å². The van der Waals surface area contributed by atoms with Crippen LogP contribution in [-0.4, -0.2) is 34.9 Å². The van der Waals surface area contributed by atoms with E-state index in [0.29, 0.717) is 11.1 Å². The quantitative estimate of drug-likeness (QED) is 0.218. The van der Waals surface area contributed by atoms with Crippen molar-refractivity contribution in [3.05, 3.63) is 111 Å². The summed E-state index contributed by atoms with van der Waals surface area (Å²) >= 11 is 2.20. The fourth-order valence-corrected chi connectivity index (χ4v) is 5.15. The molecule has 7 heteroatoms. The van der Waals surface area contributed by atoms with Crippen LogP contribution in [0.25, 0.3) is 22.3 Å². The fraction of sp³-hybridized carbons (Fsp3) is 0.133. The van der Waals surface area contributed by atoms with Gasteiger partial charge in [0.15, 0.2) is 0 Å². The van der Waals surface area contributed by atoms with Gasteiger partial charge in [-0.05, 0) is 80.2 Å². The number of benzene rings is 4. The van der Waals surface area contributed by atoms with Crippen LogP contribution in [-0.2, 0) is 16.0 Å². The molecule has 0 heterocycles. The third-order valence-electron chi connectivity index (χ3n) is 6.59. The van der Waals surface area contributed by atoms with Crippen molar-refractivity contribution in [1.82, 2.24) is 5.32 Å². The van der Waals surface area contributed by atoms with Crippen LogP contribution in [0.1, 0.15) is 22.6 Å². The Morgan fingerprint density at radius 3 is 2.11 bits per heavy atom. The number of rotatable bonds is 7. The zero-order valence-electron chi connectivity index (χ0n) is 19.7. The van der Waals surface area contributed by atoms with Crippen LogP contribution in [0, 0.1) is 3.57 Å². The number of ether oxygens (including phenoxy) is 1. The second-order valence-corrected chi connectivity index (χ2v) is 10.2. The summed E-state index contributed by atoms with van der Waals surface area (Å²) in [6.07, 6.45) is -0.747. The van der Waals surface area contributed by atoms with Gasteiger partial charge in [-0.3, -0.25) is 0 Å². The maximum absolute atomic E-state index is 12.7. The number of phenolic OH excluding ortho intramolecular Hbond substituents is 1. The zero-order chi connectivity index (χ0) is 25.9. The van der Waals surface area contributed by atoms with Crippen molar-refractivity contribution in [3.8, 4) is 28.0 Å². The van der Waals surface area contributed by atoms with E-state index in [1.807, 2.05) is 60.7 Å². The molecule has 0 bridgehead atoms. The third-order valence-corrected chi connectivity index (χ3v) is 7.31. The summed E-state index contributed by atoms with van der Waals surface area (Å²) in [4.78, 5) is 24.6. The number of carbonyl (C=O) groups excluding carboxylic acids is 1. The molecule has 0 radical (unpaired) electrons. The van der Waals surface area contributed by atoms with E-state index in [1.54, 1.807) is 12.1 Å². The summed E-state index contributed by atoms with van der Waals surface area (Å²) in [5.41, 5.74) is 6.48. The van der Waals surface area contributed by atoms with Crippen LogP contribution in [0.5, 0.6) is 5.75 Å². The molecule has 1 aliphatic carbocycles. The van der Waals surface area contributed by atoms with Crippen LogP contribution >= 0.6 is 22.6 Å². The predicted octanol–water partition coefficient (Wildman–Crippen LogP) is 6.20. The highest BCUT2D eigenvalue weighted by molar-refractivity contribution is 14.1. The minimum Gasteiger partial charge on any atom is -0.507 e. The Morgan fingerprint density at radius 1 is 0.865 bits per heavy atom. The van der Waals surface area contributed by atoms with Crippen LogP contribution in [0.3, 0.4) is 0 Å². The first kappa shape index (κ1) is 24.8. The predicted molar refractivity (Wildman–Crippen MR) is 150 cm³/mol. The number of aliphatic carboxylic acids is 1. The average Bonchev–Trinajstić information content (AvgIpc) is 3.22. The summed E-state index contributed by atoms with van der Waals surface area (Å²) in [5.74, 6) is -1.19. The molecular formula is C30H24INO5. The van der Waals surface area contributed by atoms with Gasteiger partial charge in [-0.15, -0.1) is 0 Å². The smallest absolute Gasteiger partial charge is 0.407 e. The lowest BCUT2D eigenvalue weighted by atomic mass is 9.98. The summed E-state index contributed by atoms with van der Waals surface area (Å²) in [7, 11) is 0. The first-order valence-corrected chi connectivity index (χ1v) is 12.9. The maximum atomic E-state index is 12.7. The first-order chi connectivity index (χ1) is 17.9. The zero-order valence-corrected chi connectivity index (χ0v) is 21.9.